The third-order valence-corrected chi connectivity index (χ3v) is 2.61. The summed E-state index contributed by atoms with van der Waals surface area (Å²) >= 11 is 0. The molecule has 1 atom stereocenters. The molecule has 0 bridgehead atoms. The van der Waals surface area contributed by atoms with Gasteiger partial charge in [0.2, 0.25) is 0 Å². The average Bonchev–Trinajstić information content (AvgIpc) is 2.02. The van der Waals surface area contributed by atoms with Gasteiger partial charge in [-0.25, -0.2) is 0 Å². The highest BCUT2D eigenvalue weighted by Gasteiger charge is 2.19. The number of fused-ring (bicyclic) bond motifs is 1. The van der Waals surface area contributed by atoms with E-state index in [0.717, 1.165) is 30.4 Å². The lowest BCUT2D eigenvalue weighted by atomic mass is 9.87. The Morgan fingerprint density at radius 1 is 1.38 bits per heavy atom. The van der Waals surface area contributed by atoms with Crippen molar-refractivity contribution < 1.29 is 5.11 Å². The Balaban J connectivity index is 2.56. The van der Waals surface area contributed by atoms with E-state index in [-0.39, 0.29) is 11.8 Å². The molecule has 0 saturated heterocycles. The van der Waals surface area contributed by atoms with Crippen molar-refractivity contribution in [2.75, 3.05) is 5.73 Å². The number of aromatic hydroxyl groups is 1. The van der Waals surface area contributed by atoms with Crippen LogP contribution in [-0.4, -0.2) is 5.11 Å². The zero-order valence-electron chi connectivity index (χ0n) is 7.46. The fourth-order valence-electron chi connectivity index (χ4n) is 2.04. The number of phenols is 1. The summed E-state index contributed by atoms with van der Waals surface area (Å²) in [4.78, 5) is 0. The number of nitrogen functional groups attached to an aromatic ring is 1. The molecule has 0 amide bonds. The van der Waals surface area contributed by atoms with Gasteiger partial charge in [-0.2, -0.15) is 0 Å². The van der Waals surface area contributed by atoms with Crippen molar-refractivity contribution in [3.05, 3.63) is 23.3 Å². The Labute approximate surface area is 77.4 Å². The SMILES string of the molecule is Nc1cc(O)cc2c1[C@H](N)CCC2. The van der Waals surface area contributed by atoms with E-state index in [1.807, 2.05) is 0 Å². The van der Waals surface area contributed by atoms with Gasteiger partial charge in [-0.3, -0.25) is 0 Å². The molecule has 3 heteroatoms. The molecule has 0 saturated carbocycles. The highest BCUT2D eigenvalue weighted by atomic mass is 16.3. The fourth-order valence-corrected chi connectivity index (χ4v) is 2.04. The second-order valence-electron chi connectivity index (χ2n) is 3.61. The number of anilines is 1. The van der Waals surface area contributed by atoms with Crippen LogP contribution in [0.15, 0.2) is 12.1 Å². The monoisotopic (exact) mass is 178 g/mol. The normalized spacial score (nSPS) is 21.2. The number of nitrogens with two attached hydrogens (primary N) is 2. The van der Waals surface area contributed by atoms with Crippen LogP contribution < -0.4 is 11.5 Å². The molecule has 1 aromatic carbocycles. The van der Waals surface area contributed by atoms with Crippen molar-refractivity contribution in [2.24, 2.45) is 5.73 Å². The van der Waals surface area contributed by atoms with E-state index in [1.54, 1.807) is 12.1 Å². The van der Waals surface area contributed by atoms with Crippen LogP contribution in [0.4, 0.5) is 5.69 Å². The van der Waals surface area contributed by atoms with Crippen LogP contribution in [0.2, 0.25) is 0 Å². The summed E-state index contributed by atoms with van der Waals surface area (Å²) in [6, 6.07) is 3.39. The van der Waals surface area contributed by atoms with Gasteiger partial charge < -0.3 is 16.6 Å². The minimum Gasteiger partial charge on any atom is -0.508 e. The molecule has 3 nitrogen and oxygen atoms in total. The van der Waals surface area contributed by atoms with Gasteiger partial charge in [0.15, 0.2) is 0 Å². The molecule has 0 unspecified atom stereocenters. The van der Waals surface area contributed by atoms with Gasteiger partial charge in [-0.1, -0.05) is 0 Å². The first-order chi connectivity index (χ1) is 6.18. The molecule has 70 valence electrons. The van der Waals surface area contributed by atoms with Crippen molar-refractivity contribution in [3.63, 3.8) is 0 Å². The van der Waals surface area contributed by atoms with Crippen LogP contribution in [0.3, 0.4) is 0 Å². The van der Waals surface area contributed by atoms with Gasteiger partial charge >= 0.3 is 0 Å². The zero-order valence-corrected chi connectivity index (χ0v) is 7.46. The predicted molar refractivity (Wildman–Crippen MR) is 52.4 cm³/mol. The molecule has 0 aromatic heterocycles. The minimum absolute atomic E-state index is 0.0457. The highest BCUT2D eigenvalue weighted by Crippen LogP contribution is 2.34. The molecule has 1 aliphatic rings. The summed E-state index contributed by atoms with van der Waals surface area (Å²) in [6.07, 6.45) is 3.04. The maximum absolute atomic E-state index is 9.33. The Hall–Kier alpha value is -1.22. The molecular formula is C10H14N2O. The third kappa shape index (κ3) is 1.35. The molecule has 0 spiro atoms. The number of hydrogen-bond acceptors (Lipinski definition) is 3. The summed E-state index contributed by atoms with van der Waals surface area (Å²) in [6.45, 7) is 0. The Kier molecular flexibility index (Phi) is 1.88. The number of aryl methyl sites for hydroxylation is 1. The van der Waals surface area contributed by atoms with Crippen molar-refractivity contribution in [2.45, 2.75) is 25.3 Å². The van der Waals surface area contributed by atoms with E-state index in [0.29, 0.717) is 5.69 Å². The molecule has 5 N–H and O–H groups in total. The first-order valence-electron chi connectivity index (χ1n) is 4.55. The molecule has 1 aliphatic carbocycles. The smallest absolute Gasteiger partial charge is 0.117 e. The van der Waals surface area contributed by atoms with Crippen molar-refractivity contribution in [3.8, 4) is 5.75 Å². The van der Waals surface area contributed by atoms with Crippen molar-refractivity contribution >= 4 is 5.69 Å². The standard InChI is InChI=1S/C10H14N2O/c11-8-3-1-2-6-4-7(13)5-9(12)10(6)8/h4-5,8,13H,1-3,11-12H2/t8-/m1/s1. The molecule has 0 fully saturated rings. The number of hydrogen-bond donors (Lipinski definition) is 3. The van der Waals surface area contributed by atoms with E-state index in [2.05, 4.69) is 0 Å². The summed E-state index contributed by atoms with van der Waals surface area (Å²) in [5.74, 6) is 0.241. The molecular weight excluding hydrogens is 164 g/mol. The first kappa shape index (κ1) is 8.38. The molecule has 0 aliphatic heterocycles. The summed E-state index contributed by atoms with van der Waals surface area (Å²) in [5.41, 5.74) is 14.5. The van der Waals surface area contributed by atoms with Gasteiger partial charge in [0.1, 0.15) is 5.75 Å². The van der Waals surface area contributed by atoms with Crippen LogP contribution in [-0.2, 0) is 6.42 Å². The largest absolute Gasteiger partial charge is 0.508 e. The maximum Gasteiger partial charge on any atom is 0.117 e. The van der Waals surface area contributed by atoms with E-state index >= 15 is 0 Å². The highest BCUT2D eigenvalue weighted by molar-refractivity contribution is 5.57. The zero-order chi connectivity index (χ0) is 9.42. The fraction of sp³-hybridized carbons (Fsp3) is 0.400. The number of phenolic OH excluding ortho intramolecular Hbond substituents is 1. The van der Waals surface area contributed by atoms with Crippen LogP contribution in [0.5, 0.6) is 5.75 Å². The lowest BCUT2D eigenvalue weighted by molar-refractivity contribution is 0.472. The molecule has 1 aromatic rings. The van der Waals surface area contributed by atoms with Crippen LogP contribution in [0.25, 0.3) is 0 Å². The minimum atomic E-state index is 0.0457. The Morgan fingerprint density at radius 2 is 2.15 bits per heavy atom. The third-order valence-electron chi connectivity index (χ3n) is 2.61. The van der Waals surface area contributed by atoms with Crippen LogP contribution in [0.1, 0.15) is 30.0 Å². The quantitative estimate of drug-likeness (QED) is 0.524. The average molecular weight is 178 g/mol. The number of rotatable bonds is 0. The predicted octanol–water partition coefficient (Wildman–Crippen LogP) is 1.31. The lowest BCUT2D eigenvalue weighted by Gasteiger charge is -2.23. The van der Waals surface area contributed by atoms with Gasteiger partial charge in [-0.15, -0.1) is 0 Å². The second-order valence-corrected chi connectivity index (χ2v) is 3.61. The second kappa shape index (κ2) is 2.92. The Morgan fingerprint density at radius 3 is 2.92 bits per heavy atom. The molecule has 2 rings (SSSR count). The summed E-state index contributed by atoms with van der Waals surface area (Å²) in [5, 5.41) is 9.33. The van der Waals surface area contributed by atoms with Crippen molar-refractivity contribution in [1.82, 2.24) is 0 Å². The summed E-state index contributed by atoms with van der Waals surface area (Å²) < 4.78 is 0. The number of benzene rings is 1. The van der Waals surface area contributed by atoms with E-state index < -0.39 is 0 Å². The van der Waals surface area contributed by atoms with Crippen molar-refractivity contribution in [1.29, 1.82) is 0 Å². The van der Waals surface area contributed by atoms with Crippen LogP contribution >= 0.6 is 0 Å². The lowest BCUT2D eigenvalue weighted by Crippen LogP contribution is -2.19. The van der Waals surface area contributed by atoms with Gasteiger partial charge in [0.25, 0.3) is 0 Å². The topological polar surface area (TPSA) is 72.3 Å². The summed E-state index contributed by atoms with van der Waals surface area (Å²) in [7, 11) is 0. The van der Waals surface area contributed by atoms with E-state index in [1.165, 1.54) is 0 Å². The maximum atomic E-state index is 9.33. The van der Waals surface area contributed by atoms with Crippen LogP contribution in [0, 0.1) is 0 Å². The molecule has 13 heavy (non-hydrogen) atoms. The van der Waals surface area contributed by atoms with E-state index in [4.69, 9.17) is 11.5 Å². The molecule has 0 heterocycles. The Bertz CT molecular complexity index is 336. The molecule has 0 radical (unpaired) electrons. The van der Waals surface area contributed by atoms with Gasteiger partial charge in [0.05, 0.1) is 0 Å². The first-order valence-corrected chi connectivity index (χ1v) is 4.55. The van der Waals surface area contributed by atoms with Gasteiger partial charge in [-0.05, 0) is 36.5 Å². The van der Waals surface area contributed by atoms with E-state index in [9.17, 15) is 5.11 Å². The van der Waals surface area contributed by atoms with Gasteiger partial charge in [0, 0.05) is 17.8 Å².